The van der Waals surface area contributed by atoms with Crippen LogP contribution in [0.15, 0.2) is 42.5 Å². The number of hydrogen-bond donors (Lipinski definition) is 0. The van der Waals surface area contributed by atoms with Crippen LogP contribution < -0.4 is 9.47 Å². The standard InChI is InChI=1S/C51H80O8/c1-6-10-14-18-20-26-34-54-37-42(58-48(52)30-22-16-12-8-3)39-56-50-44-28-24-25-29-45(44)51(47-36-41(5)32-33-46(47)50)57-40-43(59-49(53)31-23-17-13-9-4)38-55-35-27-21-19-15-11-7-2/h24-25,28-29,32-33,36,42-43H,6-23,26-27,30-31,34-35,37-40H2,1-5H3. The summed E-state index contributed by atoms with van der Waals surface area (Å²) in [6, 6.07) is 14.3. The van der Waals surface area contributed by atoms with E-state index in [0.717, 1.165) is 104 Å². The molecule has 0 spiro atoms. The summed E-state index contributed by atoms with van der Waals surface area (Å²) in [7, 11) is 0. The van der Waals surface area contributed by atoms with Crippen LogP contribution in [0.3, 0.4) is 0 Å². The van der Waals surface area contributed by atoms with Gasteiger partial charge in [0.15, 0.2) is 12.2 Å². The highest BCUT2D eigenvalue weighted by Crippen LogP contribution is 2.43. The molecule has 0 aliphatic heterocycles. The van der Waals surface area contributed by atoms with E-state index < -0.39 is 12.2 Å². The largest absolute Gasteiger partial charge is 0.488 e. The predicted molar refractivity (Wildman–Crippen MR) is 243 cm³/mol. The van der Waals surface area contributed by atoms with E-state index in [4.69, 9.17) is 28.4 Å². The Morgan fingerprint density at radius 2 is 0.847 bits per heavy atom. The Morgan fingerprint density at radius 3 is 1.31 bits per heavy atom. The normalized spacial score (nSPS) is 12.5. The molecule has 0 fully saturated rings. The third-order valence-corrected chi connectivity index (χ3v) is 10.9. The number of carbonyl (C=O) groups excluding carboxylic acids is 2. The molecule has 332 valence electrons. The Morgan fingerprint density at radius 1 is 0.458 bits per heavy atom. The first-order chi connectivity index (χ1) is 28.9. The lowest BCUT2D eigenvalue weighted by Crippen LogP contribution is -2.30. The Kier molecular flexibility index (Phi) is 26.7. The Labute approximate surface area is 357 Å². The number of rotatable bonds is 36. The molecule has 0 bridgehead atoms. The SMILES string of the molecule is CCCCCCCCOCC(COc1c2ccccc2c(OCC(COCCCCCCCC)OC(=O)CCCCCC)c2cc(C)ccc12)OC(=O)CCCCCC. The molecule has 8 nitrogen and oxygen atoms in total. The summed E-state index contributed by atoms with van der Waals surface area (Å²) in [4.78, 5) is 26.0. The molecule has 0 radical (unpaired) electrons. The van der Waals surface area contributed by atoms with Gasteiger partial charge in [0.1, 0.15) is 24.7 Å². The van der Waals surface area contributed by atoms with E-state index in [1.807, 2.05) is 24.3 Å². The third kappa shape index (κ3) is 20.2. The molecule has 0 N–H and O–H groups in total. The van der Waals surface area contributed by atoms with E-state index in [9.17, 15) is 9.59 Å². The van der Waals surface area contributed by atoms with E-state index in [1.54, 1.807) is 0 Å². The first-order valence-corrected chi connectivity index (χ1v) is 23.7. The summed E-state index contributed by atoms with van der Waals surface area (Å²) < 4.78 is 37.6. The van der Waals surface area contributed by atoms with Gasteiger partial charge in [-0.05, 0) is 38.7 Å². The number of esters is 2. The van der Waals surface area contributed by atoms with Gasteiger partial charge in [-0.1, -0.05) is 172 Å². The fourth-order valence-corrected chi connectivity index (χ4v) is 7.39. The van der Waals surface area contributed by atoms with Crippen molar-refractivity contribution >= 4 is 33.5 Å². The van der Waals surface area contributed by atoms with Crippen molar-refractivity contribution in [2.45, 2.75) is 188 Å². The molecular formula is C51H80O8. The molecule has 2 atom stereocenters. The van der Waals surface area contributed by atoms with E-state index in [1.165, 1.54) is 51.4 Å². The van der Waals surface area contributed by atoms with Crippen LogP contribution in [0.25, 0.3) is 21.5 Å². The van der Waals surface area contributed by atoms with Gasteiger partial charge in [0.25, 0.3) is 0 Å². The molecule has 0 aliphatic rings. The van der Waals surface area contributed by atoms with Crippen molar-refractivity contribution in [3.8, 4) is 11.5 Å². The van der Waals surface area contributed by atoms with Crippen molar-refractivity contribution in [2.75, 3.05) is 39.6 Å². The summed E-state index contributed by atoms with van der Waals surface area (Å²) >= 11 is 0. The summed E-state index contributed by atoms with van der Waals surface area (Å²) in [5, 5.41) is 3.58. The number of fused-ring (bicyclic) bond motifs is 2. The molecule has 0 heterocycles. The number of aryl methyl sites for hydroxylation is 1. The zero-order chi connectivity index (χ0) is 42.3. The van der Waals surface area contributed by atoms with Crippen LogP contribution in [0.5, 0.6) is 11.5 Å². The molecule has 0 aliphatic carbocycles. The first kappa shape index (κ1) is 50.0. The lowest BCUT2D eigenvalue weighted by Gasteiger charge is -2.23. The molecule has 59 heavy (non-hydrogen) atoms. The predicted octanol–water partition coefficient (Wildman–Crippen LogP) is 13.6. The smallest absolute Gasteiger partial charge is 0.306 e. The second-order valence-corrected chi connectivity index (χ2v) is 16.4. The van der Waals surface area contributed by atoms with Gasteiger partial charge in [0.05, 0.1) is 13.2 Å². The van der Waals surface area contributed by atoms with Crippen LogP contribution in [-0.2, 0) is 28.5 Å². The van der Waals surface area contributed by atoms with Crippen LogP contribution in [0.2, 0.25) is 0 Å². The number of hydrogen-bond acceptors (Lipinski definition) is 8. The summed E-state index contributed by atoms with van der Waals surface area (Å²) in [5.74, 6) is 1.00. The van der Waals surface area contributed by atoms with Crippen molar-refractivity contribution in [1.82, 2.24) is 0 Å². The van der Waals surface area contributed by atoms with Crippen LogP contribution in [0, 0.1) is 6.92 Å². The van der Waals surface area contributed by atoms with Gasteiger partial charge < -0.3 is 28.4 Å². The number of benzene rings is 3. The van der Waals surface area contributed by atoms with E-state index >= 15 is 0 Å². The fourth-order valence-electron chi connectivity index (χ4n) is 7.39. The van der Waals surface area contributed by atoms with Crippen LogP contribution >= 0.6 is 0 Å². The average molecular weight is 821 g/mol. The lowest BCUT2D eigenvalue weighted by molar-refractivity contribution is -0.155. The first-order valence-electron chi connectivity index (χ1n) is 23.7. The number of carbonyl (C=O) groups is 2. The molecular weight excluding hydrogens is 741 g/mol. The Bertz CT molecular complexity index is 1570. The molecule has 8 heteroatoms. The third-order valence-electron chi connectivity index (χ3n) is 10.9. The maximum atomic E-state index is 13.0. The van der Waals surface area contributed by atoms with Crippen LogP contribution in [0.4, 0.5) is 0 Å². The van der Waals surface area contributed by atoms with Crippen LogP contribution in [0.1, 0.15) is 175 Å². The highest BCUT2D eigenvalue weighted by atomic mass is 16.6. The zero-order valence-electron chi connectivity index (χ0n) is 37.8. The summed E-state index contributed by atoms with van der Waals surface area (Å²) in [6.07, 6.45) is 22.0. The number of unbranched alkanes of at least 4 members (excludes halogenated alkanes) is 16. The van der Waals surface area contributed by atoms with Gasteiger partial charge in [0.2, 0.25) is 0 Å². The highest BCUT2D eigenvalue weighted by molar-refractivity contribution is 6.11. The van der Waals surface area contributed by atoms with E-state index in [-0.39, 0.29) is 38.4 Å². The van der Waals surface area contributed by atoms with Crippen LogP contribution in [-0.4, -0.2) is 63.8 Å². The topological polar surface area (TPSA) is 89.5 Å². The van der Waals surface area contributed by atoms with Gasteiger partial charge in [-0.3, -0.25) is 9.59 Å². The molecule has 0 saturated heterocycles. The zero-order valence-corrected chi connectivity index (χ0v) is 37.8. The van der Waals surface area contributed by atoms with Crippen molar-refractivity contribution in [3.05, 3.63) is 48.0 Å². The maximum absolute atomic E-state index is 13.0. The highest BCUT2D eigenvalue weighted by Gasteiger charge is 2.23. The van der Waals surface area contributed by atoms with Gasteiger partial charge >= 0.3 is 11.9 Å². The van der Waals surface area contributed by atoms with E-state index in [2.05, 4.69) is 52.8 Å². The molecule has 3 aromatic rings. The minimum absolute atomic E-state index is 0.163. The fraction of sp³-hybridized carbons (Fsp3) is 0.686. The van der Waals surface area contributed by atoms with Gasteiger partial charge in [-0.2, -0.15) is 0 Å². The Balaban J connectivity index is 1.81. The molecule has 0 saturated carbocycles. The van der Waals surface area contributed by atoms with Crippen molar-refractivity contribution in [3.63, 3.8) is 0 Å². The Hall–Kier alpha value is -3.36. The molecule has 3 aromatic carbocycles. The summed E-state index contributed by atoms with van der Waals surface area (Å²) in [5.41, 5.74) is 1.08. The monoisotopic (exact) mass is 821 g/mol. The second kappa shape index (κ2) is 31.5. The van der Waals surface area contributed by atoms with Gasteiger partial charge in [-0.15, -0.1) is 0 Å². The van der Waals surface area contributed by atoms with Crippen molar-refractivity contribution < 1.29 is 38.0 Å². The molecule has 0 aromatic heterocycles. The minimum Gasteiger partial charge on any atom is -0.488 e. The van der Waals surface area contributed by atoms with E-state index in [0.29, 0.717) is 37.6 Å². The molecule has 0 amide bonds. The summed E-state index contributed by atoms with van der Waals surface area (Å²) in [6.45, 7) is 13.0. The molecule has 3 rings (SSSR count). The molecule has 2 unspecified atom stereocenters. The van der Waals surface area contributed by atoms with Crippen molar-refractivity contribution in [2.24, 2.45) is 0 Å². The van der Waals surface area contributed by atoms with Gasteiger partial charge in [0, 0.05) is 47.6 Å². The quantitative estimate of drug-likeness (QED) is 0.0325. The number of ether oxygens (including phenoxy) is 6. The lowest BCUT2D eigenvalue weighted by atomic mass is 9.99. The minimum atomic E-state index is -0.544. The average Bonchev–Trinajstić information content (AvgIpc) is 3.23. The second-order valence-electron chi connectivity index (χ2n) is 16.4. The van der Waals surface area contributed by atoms with Crippen molar-refractivity contribution in [1.29, 1.82) is 0 Å². The maximum Gasteiger partial charge on any atom is 0.306 e. The van der Waals surface area contributed by atoms with Gasteiger partial charge in [-0.25, -0.2) is 0 Å².